The van der Waals surface area contributed by atoms with E-state index in [4.69, 9.17) is 9.57 Å². The molecule has 1 aliphatic carbocycles. The monoisotopic (exact) mass is 239 g/mol. The smallest absolute Gasteiger partial charge is 0.354 e. The number of rotatable bonds is 1. The van der Waals surface area contributed by atoms with Gasteiger partial charge in [-0.05, 0) is 19.8 Å². The zero-order valence-corrected chi connectivity index (χ0v) is 11.3. The van der Waals surface area contributed by atoms with Crippen molar-refractivity contribution in [2.45, 2.75) is 52.6 Å². The van der Waals surface area contributed by atoms with Crippen LogP contribution in [0.5, 0.6) is 0 Å². The second-order valence-corrected chi connectivity index (χ2v) is 6.29. The molecule has 1 heterocycles. The Labute approximate surface area is 102 Å². The van der Waals surface area contributed by atoms with E-state index in [-0.39, 0.29) is 16.8 Å². The summed E-state index contributed by atoms with van der Waals surface area (Å²) in [6, 6.07) is 0. The minimum absolute atomic E-state index is 0.0884. The average molecular weight is 239 g/mol. The second kappa shape index (κ2) is 3.47. The predicted molar refractivity (Wildman–Crippen MR) is 64.7 cm³/mol. The van der Waals surface area contributed by atoms with E-state index in [0.717, 1.165) is 18.6 Å². The van der Waals surface area contributed by atoms with Crippen molar-refractivity contribution in [1.29, 1.82) is 0 Å². The van der Waals surface area contributed by atoms with Crippen molar-refractivity contribution in [3.63, 3.8) is 0 Å². The fourth-order valence-corrected chi connectivity index (χ4v) is 3.34. The van der Waals surface area contributed by atoms with Crippen LogP contribution in [0.1, 0.15) is 47.0 Å². The minimum atomic E-state index is -0.885. The van der Waals surface area contributed by atoms with Gasteiger partial charge in [0.25, 0.3) is 0 Å². The van der Waals surface area contributed by atoms with Crippen molar-refractivity contribution in [3.05, 3.63) is 0 Å². The number of hydrogen-bond donors (Lipinski definition) is 0. The molecule has 0 N–H and O–H groups in total. The van der Waals surface area contributed by atoms with Crippen molar-refractivity contribution in [3.8, 4) is 0 Å². The Morgan fingerprint density at radius 1 is 1.41 bits per heavy atom. The number of oxime groups is 1. The number of ether oxygens (including phenoxy) is 1. The molecule has 0 amide bonds. The molecule has 0 aromatic rings. The molecule has 0 spiro atoms. The largest absolute Gasteiger partial charge is 0.466 e. The maximum atomic E-state index is 12.1. The molecular formula is C13H21NO3. The van der Waals surface area contributed by atoms with Gasteiger partial charge in [-0.25, -0.2) is 4.79 Å². The van der Waals surface area contributed by atoms with Crippen LogP contribution >= 0.6 is 0 Å². The van der Waals surface area contributed by atoms with Gasteiger partial charge in [0, 0.05) is 11.8 Å². The summed E-state index contributed by atoms with van der Waals surface area (Å²) >= 11 is 0. The fourth-order valence-electron chi connectivity index (χ4n) is 3.34. The molecule has 96 valence electrons. The number of carbonyl (C=O) groups is 1. The quantitative estimate of drug-likeness (QED) is 0.661. The molecule has 17 heavy (non-hydrogen) atoms. The summed E-state index contributed by atoms with van der Waals surface area (Å²) < 4.78 is 4.93. The molecule has 0 radical (unpaired) electrons. The van der Waals surface area contributed by atoms with Crippen LogP contribution in [-0.2, 0) is 14.4 Å². The van der Waals surface area contributed by atoms with Gasteiger partial charge in [-0.2, -0.15) is 0 Å². The van der Waals surface area contributed by atoms with Gasteiger partial charge in [-0.15, -0.1) is 0 Å². The Morgan fingerprint density at radius 2 is 2.06 bits per heavy atom. The highest BCUT2D eigenvalue weighted by Crippen LogP contribution is 2.56. The lowest BCUT2D eigenvalue weighted by Crippen LogP contribution is -2.52. The van der Waals surface area contributed by atoms with E-state index in [1.54, 1.807) is 0 Å². The van der Waals surface area contributed by atoms with Gasteiger partial charge < -0.3 is 9.57 Å². The van der Waals surface area contributed by atoms with E-state index in [1.807, 2.05) is 0 Å². The summed E-state index contributed by atoms with van der Waals surface area (Å²) in [5.74, 6) is -0.291. The highest BCUT2D eigenvalue weighted by atomic mass is 16.7. The molecule has 1 aliphatic heterocycles. The first-order chi connectivity index (χ1) is 7.78. The highest BCUT2D eigenvalue weighted by Gasteiger charge is 2.67. The number of carbonyl (C=O) groups excluding carboxylic acids is 1. The first-order valence-electron chi connectivity index (χ1n) is 6.13. The van der Waals surface area contributed by atoms with Crippen molar-refractivity contribution in [2.75, 3.05) is 7.11 Å². The standard InChI is InChI=1S/C13H21NO3/c1-11(2,3)9-12(4)7-6-8-13(12,17-14-9)10(15)16-5/h6-8H2,1-5H3. The predicted octanol–water partition coefficient (Wildman–Crippen LogP) is 2.52. The maximum absolute atomic E-state index is 12.1. The zero-order valence-electron chi connectivity index (χ0n) is 11.3. The van der Waals surface area contributed by atoms with Gasteiger partial charge in [0.1, 0.15) is 0 Å². The molecule has 4 nitrogen and oxygen atoms in total. The third-order valence-electron chi connectivity index (χ3n) is 4.14. The van der Waals surface area contributed by atoms with Crippen LogP contribution in [0.25, 0.3) is 0 Å². The molecular weight excluding hydrogens is 218 g/mol. The first-order valence-corrected chi connectivity index (χ1v) is 6.13. The van der Waals surface area contributed by atoms with Gasteiger partial charge in [-0.1, -0.05) is 25.9 Å². The number of methoxy groups -OCH3 is 1. The van der Waals surface area contributed by atoms with Crippen LogP contribution < -0.4 is 0 Å². The summed E-state index contributed by atoms with van der Waals surface area (Å²) in [7, 11) is 1.41. The lowest BCUT2D eigenvalue weighted by molar-refractivity contribution is -0.173. The van der Waals surface area contributed by atoms with E-state index in [2.05, 4.69) is 32.9 Å². The fraction of sp³-hybridized carbons (Fsp3) is 0.846. The summed E-state index contributed by atoms with van der Waals surface area (Å²) in [5, 5.41) is 4.22. The lowest BCUT2D eigenvalue weighted by Gasteiger charge is -2.36. The maximum Gasteiger partial charge on any atom is 0.354 e. The highest BCUT2D eigenvalue weighted by molar-refractivity contribution is 6.02. The summed E-state index contributed by atoms with van der Waals surface area (Å²) in [4.78, 5) is 17.6. The summed E-state index contributed by atoms with van der Waals surface area (Å²) in [5.41, 5.74) is -0.315. The van der Waals surface area contributed by atoms with Crippen molar-refractivity contribution in [1.82, 2.24) is 0 Å². The SMILES string of the molecule is COC(=O)C12CCCC1(C)C(C(C)(C)C)=NO2. The molecule has 2 aliphatic rings. The van der Waals surface area contributed by atoms with E-state index < -0.39 is 5.60 Å². The summed E-state index contributed by atoms with van der Waals surface area (Å²) in [6.07, 6.45) is 2.60. The Balaban J connectivity index is 2.45. The van der Waals surface area contributed by atoms with Crippen molar-refractivity contribution >= 4 is 11.7 Å². The molecule has 1 saturated carbocycles. The van der Waals surface area contributed by atoms with Crippen LogP contribution in [0.3, 0.4) is 0 Å². The third-order valence-corrected chi connectivity index (χ3v) is 4.14. The van der Waals surface area contributed by atoms with Gasteiger partial charge >= 0.3 is 5.97 Å². The topological polar surface area (TPSA) is 47.9 Å². The number of hydrogen-bond acceptors (Lipinski definition) is 4. The zero-order chi connectivity index (χ0) is 12.9. The molecule has 2 unspecified atom stereocenters. The van der Waals surface area contributed by atoms with E-state index in [0.29, 0.717) is 6.42 Å². The molecule has 1 fully saturated rings. The van der Waals surface area contributed by atoms with E-state index >= 15 is 0 Å². The average Bonchev–Trinajstić information content (AvgIpc) is 2.67. The molecule has 4 heteroatoms. The lowest BCUT2D eigenvalue weighted by atomic mass is 9.66. The van der Waals surface area contributed by atoms with Crippen molar-refractivity contribution in [2.24, 2.45) is 16.0 Å². The van der Waals surface area contributed by atoms with Crippen LogP contribution in [0.2, 0.25) is 0 Å². The number of fused-ring (bicyclic) bond motifs is 1. The first kappa shape index (κ1) is 12.4. The van der Waals surface area contributed by atoms with E-state index in [9.17, 15) is 4.79 Å². The second-order valence-electron chi connectivity index (χ2n) is 6.29. The van der Waals surface area contributed by atoms with Crippen LogP contribution in [-0.4, -0.2) is 24.4 Å². The molecule has 0 aromatic carbocycles. The van der Waals surface area contributed by atoms with Crippen LogP contribution in [0.4, 0.5) is 0 Å². The Bertz CT molecular complexity index is 383. The molecule has 0 aromatic heterocycles. The molecule has 0 saturated heterocycles. The summed E-state index contributed by atoms with van der Waals surface area (Å²) in [6.45, 7) is 8.39. The molecule has 0 bridgehead atoms. The van der Waals surface area contributed by atoms with Gasteiger partial charge in [0.2, 0.25) is 5.60 Å². The van der Waals surface area contributed by atoms with Gasteiger partial charge in [-0.3, -0.25) is 0 Å². The normalized spacial score (nSPS) is 36.2. The van der Waals surface area contributed by atoms with E-state index in [1.165, 1.54) is 7.11 Å². The Hall–Kier alpha value is -1.06. The van der Waals surface area contributed by atoms with Gasteiger partial charge in [0.05, 0.1) is 18.2 Å². The number of esters is 1. The van der Waals surface area contributed by atoms with Crippen molar-refractivity contribution < 1.29 is 14.4 Å². The Morgan fingerprint density at radius 3 is 2.59 bits per heavy atom. The van der Waals surface area contributed by atoms with Gasteiger partial charge in [0.15, 0.2) is 0 Å². The Kier molecular flexibility index (Phi) is 2.53. The minimum Gasteiger partial charge on any atom is -0.466 e. The number of nitrogens with zero attached hydrogens (tertiary/aromatic N) is 1. The van der Waals surface area contributed by atoms with Crippen LogP contribution in [0, 0.1) is 10.8 Å². The third kappa shape index (κ3) is 1.42. The molecule has 2 atom stereocenters. The molecule has 2 rings (SSSR count). The van der Waals surface area contributed by atoms with Crippen LogP contribution in [0.15, 0.2) is 5.16 Å².